The van der Waals surface area contributed by atoms with Crippen LogP contribution in [0.2, 0.25) is 0 Å². The number of benzene rings is 1. The summed E-state index contributed by atoms with van der Waals surface area (Å²) in [5.41, 5.74) is 2.34. The SMILES string of the molecule is CCc1ccc(-n2nnnc2CNC2CC2)cc1. The topological polar surface area (TPSA) is 55.6 Å². The minimum atomic E-state index is 0.664. The Balaban J connectivity index is 1.78. The second-order valence-corrected chi connectivity index (χ2v) is 4.68. The number of aryl methyl sites for hydroxylation is 1. The highest BCUT2D eigenvalue weighted by Crippen LogP contribution is 2.19. The van der Waals surface area contributed by atoms with Gasteiger partial charge in [0, 0.05) is 6.04 Å². The Morgan fingerprint density at radius 1 is 1.28 bits per heavy atom. The first-order valence-electron chi connectivity index (χ1n) is 6.47. The molecular formula is C13H17N5. The van der Waals surface area contributed by atoms with Crippen LogP contribution in [-0.4, -0.2) is 26.2 Å². The van der Waals surface area contributed by atoms with Crippen molar-refractivity contribution < 1.29 is 0 Å². The zero-order chi connectivity index (χ0) is 12.4. The number of hydrogen-bond acceptors (Lipinski definition) is 4. The molecule has 18 heavy (non-hydrogen) atoms. The maximum Gasteiger partial charge on any atom is 0.170 e. The molecule has 0 amide bonds. The van der Waals surface area contributed by atoms with E-state index in [2.05, 4.69) is 52.0 Å². The Hall–Kier alpha value is -1.75. The van der Waals surface area contributed by atoms with Crippen LogP contribution in [0.3, 0.4) is 0 Å². The lowest BCUT2D eigenvalue weighted by Gasteiger charge is -2.06. The van der Waals surface area contributed by atoms with Crippen molar-refractivity contribution >= 4 is 0 Å². The minimum absolute atomic E-state index is 0.664. The first-order chi connectivity index (χ1) is 8.86. The average molecular weight is 243 g/mol. The monoisotopic (exact) mass is 243 g/mol. The Bertz CT molecular complexity index is 512. The molecule has 0 atom stereocenters. The summed E-state index contributed by atoms with van der Waals surface area (Å²) in [6.45, 7) is 2.88. The molecule has 0 radical (unpaired) electrons. The smallest absolute Gasteiger partial charge is 0.170 e. The molecule has 94 valence electrons. The van der Waals surface area contributed by atoms with E-state index < -0.39 is 0 Å². The molecule has 1 aliphatic carbocycles. The molecule has 1 heterocycles. The van der Waals surface area contributed by atoms with Gasteiger partial charge in [-0.05, 0) is 47.4 Å². The molecule has 3 rings (SSSR count). The van der Waals surface area contributed by atoms with Gasteiger partial charge >= 0.3 is 0 Å². The van der Waals surface area contributed by atoms with Crippen LogP contribution in [-0.2, 0) is 13.0 Å². The van der Waals surface area contributed by atoms with Crippen molar-refractivity contribution in [2.75, 3.05) is 0 Å². The summed E-state index contributed by atoms with van der Waals surface area (Å²) in [5.74, 6) is 0.867. The average Bonchev–Trinajstić information content (AvgIpc) is 3.14. The van der Waals surface area contributed by atoms with Crippen LogP contribution in [0.4, 0.5) is 0 Å². The highest BCUT2D eigenvalue weighted by Gasteiger charge is 2.21. The van der Waals surface area contributed by atoms with Crippen molar-refractivity contribution in [3.8, 4) is 5.69 Å². The van der Waals surface area contributed by atoms with E-state index in [0.29, 0.717) is 6.04 Å². The van der Waals surface area contributed by atoms with E-state index in [0.717, 1.165) is 24.5 Å². The molecule has 0 spiro atoms. The largest absolute Gasteiger partial charge is 0.307 e. The van der Waals surface area contributed by atoms with E-state index in [1.54, 1.807) is 4.68 Å². The molecule has 1 aromatic carbocycles. The first-order valence-corrected chi connectivity index (χ1v) is 6.47. The highest BCUT2D eigenvalue weighted by molar-refractivity contribution is 5.34. The van der Waals surface area contributed by atoms with E-state index in [1.165, 1.54) is 18.4 Å². The van der Waals surface area contributed by atoms with Gasteiger partial charge < -0.3 is 5.32 Å². The molecule has 0 saturated heterocycles. The van der Waals surface area contributed by atoms with Gasteiger partial charge in [-0.2, -0.15) is 4.68 Å². The number of rotatable bonds is 5. The van der Waals surface area contributed by atoms with E-state index in [4.69, 9.17) is 0 Å². The number of tetrazole rings is 1. The lowest BCUT2D eigenvalue weighted by atomic mass is 10.1. The van der Waals surface area contributed by atoms with Crippen molar-refractivity contribution in [1.82, 2.24) is 25.5 Å². The molecule has 0 aliphatic heterocycles. The van der Waals surface area contributed by atoms with Crippen molar-refractivity contribution in [3.05, 3.63) is 35.7 Å². The molecular weight excluding hydrogens is 226 g/mol. The normalized spacial score (nSPS) is 14.9. The standard InChI is InChI=1S/C13H17N5/c1-2-10-3-7-12(8-4-10)18-13(15-16-17-18)9-14-11-5-6-11/h3-4,7-8,11,14H,2,5-6,9H2,1H3. The van der Waals surface area contributed by atoms with Crippen LogP contribution in [0.15, 0.2) is 24.3 Å². The first kappa shape index (κ1) is 11.3. The lowest BCUT2D eigenvalue weighted by Crippen LogP contribution is -2.18. The second kappa shape index (κ2) is 4.86. The van der Waals surface area contributed by atoms with Crippen LogP contribution in [0.25, 0.3) is 5.69 Å². The van der Waals surface area contributed by atoms with Gasteiger partial charge in [0.1, 0.15) is 0 Å². The number of aromatic nitrogens is 4. The molecule has 1 aromatic heterocycles. The Morgan fingerprint density at radius 3 is 2.72 bits per heavy atom. The molecule has 0 unspecified atom stereocenters. The third kappa shape index (κ3) is 2.41. The van der Waals surface area contributed by atoms with Gasteiger partial charge in [0.15, 0.2) is 5.82 Å². The second-order valence-electron chi connectivity index (χ2n) is 4.68. The summed E-state index contributed by atoms with van der Waals surface area (Å²) < 4.78 is 1.80. The summed E-state index contributed by atoms with van der Waals surface area (Å²) in [6, 6.07) is 9.04. The van der Waals surface area contributed by atoms with E-state index in [1.807, 2.05) is 0 Å². The van der Waals surface area contributed by atoms with Gasteiger partial charge in [0.25, 0.3) is 0 Å². The van der Waals surface area contributed by atoms with Gasteiger partial charge in [-0.25, -0.2) is 0 Å². The Kier molecular flexibility index (Phi) is 3.06. The van der Waals surface area contributed by atoms with Gasteiger partial charge in [-0.3, -0.25) is 0 Å². The minimum Gasteiger partial charge on any atom is -0.307 e. The van der Waals surface area contributed by atoms with Gasteiger partial charge in [-0.1, -0.05) is 19.1 Å². The zero-order valence-corrected chi connectivity index (χ0v) is 10.5. The van der Waals surface area contributed by atoms with Crippen molar-refractivity contribution in [2.45, 2.75) is 38.8 Å². The van der Waals surface area contributed by atoms with Crippen LogP contribution < -0.4 is 5.32 Å². The predicted molar refractivity (Wildman–Crippen MR) is 68.4 cm³/mol. The quantitative estimate of drug-likeness (QED) is 0.864. The van der Waals surface area contributed by atoms with Gasteiger partial charge in [0.2, 0.25) is 0 Å². The van der Waals surface area contributed by atoms with Crippen molar-refractivity contribution in [2.24, 2.45) is 0 Å². The molecule has 1 aliphatic rings. The van der Waals surface area contributed by atoms with E-state index >= 15 is 0 Å². The third-order valence-corrected chi connectivity index (χ3v) is 3.25. The van der Waals surface area contributed by atoms with Gasteiger partial charge in [0.05, 0.1) is 12.2 Å². The number of nitrogens with zero attached hydrogens (tertiary/aromatic N) is 4. The summed E-state index contributed by atoms with van der Waals surface area (Å²) in [6.07, 6.45) is 3.59. The van der Waals surface area contributed by atoms with Gasteiger partial charge in [-0.15, -0.1) is 5.10 Å². The fourth-order valence-electron chi connectivity index (χ4n) is 1.91. The summed E-state index contributed by atoms with van der Waals surface area (Å²) in [5, 5.41) is 15.3. The summed E-state index contributed by atoms with van der Waals surface area (Å²) in [4.78, 5) is 0. The van der Waals surface area contributed by atoms with E-state index in [9.17, 15) is 0 Å². The fourth-order valence-corrected chi connectivity index (χ4v) is 1.91. The molecule has 5 nitrogen and oxygen atoms in total. The maximum atomic E-state index is 4.07. The number of nitrogens with one attached hydrogen (secondary N) is 1. The summed E-state index contributed by atoms with van der Waals surface area (Å²) in [7, 11) is 0. The lowest BCUT2D eigenvalue weighted by molar-refractivity contribution is 0.637. The summed E-state index contributed by atoms with van der Waals surface area (Å²) >= 11 is 0. The molecule has 1 fully saturated rings. The van der Waals surface area contributed by atoms with Crippen molar-refractivity contribution in [3.63, 3.8) is 0 Å². The number of hydrogen-bond donors (Lipinski definition) is 1. The van der Waals surface area contributed by atoms with E-state index in [-0.39, 0.29) is 0 Å². The molecule has 1 saturated carbocycles. The fraction of sp³-hybridized carbons (Fsp3) is 0.462. The molecule has 0 bridgehead atoms. The molecule has 2 aromatic rings. The molecule has 1 N–H and O–H groups in total. The third-order valence-electron chi connectivity index (χ3n) is 3.25. The maximum absolute atomic E-state index is 4.07. The Morgan fingerprint density at radius 2 is 2.06 bits per heavy atom. The zero-order valence-electron chi connectivity index (χ0n) is 10.5. The predicted octanol–water partition coefficient (Wildman–Crippen LogP) is 1.48. The van der Waals surface area contributed by atoms with Crippen LogP contribution in [0.1, 0.15) is 31.2 Å². The van der Waals surface area contributed by atoms with Crippen molar-refractivity contribution in [1.29, 1.82) is 0 Å². The van der Waals surface area contributed by atoms with Crippen LogP contribution in [0, 0.1) is 0 Å². The highest BCUT2D eigenvalue weighted by atomic mass is 15.5. The van der Waals surface area contributed by atoms with Crippen LogP contribution in [0.5, 0.6) is 0 Å². The Labute approximate surface area is 106 Å². The molecule has 5 heteroatoms. The van der Waals surface area contributed by atoms with Crippen LogP contribution >= 0.6 is 0 Å².